The van der Waals surface area contributed by atoms with Crippen LogP contribution in [0.25, 0.3) is 0 Å². The van der Waals surface area contributed by atoms with E-state index in [9.17, 15) is 0 Å². The molecule has 0 bridgehead atoms. The Hall–Kier alpha value is -3.71. The van der Waals surface area contributed by atoms with Crippen LogP contribution in [-0.4, -0.2) is 65.3 Å². The maximum atomic E-state index is 6.26. The molecule has 2 aliphatic heterocycles. The quantitative estimate of drug-likeness (QED) is 0.237. The molecule has 12 nitrogen and oxygen atoms in total. The third-order valence-electron chi connectivity index (χ3n) is 6.71. The lowest BCUT2D eigenvalue weighted by molar-refractivity contribution is 0.308. The smallest absolute Gasteiger partial charge is 0.233 e. The number of ether oxygens (including phenoxy) is 1. The number of hydrogen-bond donors (Lipinski definition) is 6. The number of benzene rings is 2. The molecule has 2 aliphatic rings. The Balaban J connectivity index is 1.42. The van der Waals surface area contributed by atoms with E-state index in [1.807, 2.05) is 52.3 Å². The molecule has 1 aromatic heterocycles. The largest absolute Gasteiger partial charge is 0.487 e. The van der Waals surface area contributed by atoms with E-state index in [2.05, 4.69) is 5.32 Å². The molecular formula is C26H37N11O. The van der Waals surface area contributed by atoms with Gasteiger partial charge in [-0.2, -0.15) is 15.0 Å². The van der Waals surface area contributed by atoms with Crippen LogP contribution in [0.1, 0.15) is 18.4 Å². The molecule has 0 unspecified atom stereocenters. The van der Waals surface area contributed by atoms with E-state index in [0.717, 1.165) is 24.1 Å². The molecule has 0 radical (unpaired) electrons. The number of aromatic nitrogens is 3. The fraction of sp³-hybridized carbons (Fsp3) is 0.423. The molecule has 12 heteroatoms. The van der Waals surface area contributed by atoms with Crippen LogP contribution in [0, 0.1) is 0 Å². The Kier molecular flexibility index (Phi) is 7.74. The summed E-state index contributed by atoms with van der Waals surface area (Å²) in [5.41, 5.74) is 33.5. The van der Waals surface area contributed by atoms with Crippen molar-refractivity contribution in [2.45, 2.75) is 43.6 Å². The van der Waals surface area contributed by atoms with E-state index < -0.39 is 0 Å². The highest BCUT2D eigenvalue weighted by Gasteiger charge is 2.28. The second kappa shape index (κ2) is 11.4. The Morgan fingerprint density at radius 2 is 1.32 bits per heavy atom. The zero-order valence-corrected chi connectivity index (χ0v) is 21.4. The Labute approximate surface area is 222 Å². The van der Waals surface area contributed by atoms with Gasteiger partial charge in [-0.3, -0.25) is 0 Å². The van der Waals surface area contributed by atoms with Crippen LogP contribution in [0.15, 0.2) is 48.5 Å². The molecule has 2 aromatic carbocycles. The minimum absolute atomic E-state index is 0.0615. The average Bonchev–Trinajstić information content (AvgIpc) is 2.88. The van der Waals surface area contributed by atoms with Gasteiger partial charge in [-0.15, -0.1) is 0 Å². The lowest BCUT2D eigenvalue weighted by Crippen LogP contribution is -2.54. The van der Waals surface area contributed by atoms with Gasteiger partial charge in [0.2, 0.25) is 17.8 Å². The van der Waals surface area contributed by atoms with E-state index in [-0.39, 0.29) is 24.2 Å². The first-order valence-electron chi connectivity index (χ1n) is 12.9. The van der Waals surface area contributed by atoms with Crippen molar-refractivity contribution < 1.29 is 4.74 Å². The Bertz CT molecular complexity index is 1160. The highest BCUT2D eigenvalue weighted by molar-refractivity contribution is 5.65. The van der Waals surface area contributed by atoms with E-state index in [0.29, 0.717) is 62.1 Å². The highest BCUT2D eigenvalue weighted by atomic mass is 16.5. The summed E-state index contributed by atoms with van der Waals surface area (Å²) >= 11 is 0. The third kappa shape index (κ3) is 6.40. The van der Waals surface area contributed by atoms with Crippen molar-refractivity contribution in [3.63, 3.8) is 0 Å². The minimum atomic E-state index is -0.0615. The molecule has 0 aliphatic carbocycles. The van der Waals surface area contributed by atoms with Crippen LogP contribution in [0.2, 0.25) is 0 Å². The average molecular weight is 520 g/mol. The molecule has 202 valence electrons. The molecule has 0 amide bonds. The first-order chi connectivity index (χ1) is 18.3. The molecule has 5 rings (SSSR count). The van der Waals surface area contributed by atoms with Crippen LogP contribution in [0.4, 0.5) is 29.2 Å². The van der Waals surface area contributed by atoms with Crippen LogP contribution in [0.5, 0.6) is 5.75 Å². The molecule has 11 N–H and O–H groups in total. The zero-order chi connectivity index (χ0) is 26.6. The predicted octanol–water partition coefficient (Wildman–Crippen LogP) is 0.506. The maximum absolute atomic E-state index is 6.26. The summed E-state index contributed by atoms with van der Waals surface area (Å²) in [5, 5.41) is 3.30. The SMILES string of the molecule is Nc1ccc(Nc2nc(N3C[C@H](N)C[C@H](N)C3)nc(N3C[C@H](N)C[C@H](N)C3)n2)cc1OCc1ccccc1. The van der Waals surface area contributed by atoms with E-state index >= 15 is 0 Å². The molecule has 0 spiro atoms. The van der Waals surface area contributed by atoms with Crippen molar-refractivity contribution in [2.75, 3.05) is 47.0 Å². The van der Waals surface area contributed by atoms with Crippen molar-refractivity contribution in [3.05, 3.63) is 54.1 Å². The maximum Gasteiger partial charge on any atom is 0.233 e. The van der Waals surface area contributed by atoms with Gasteiger partial charge in [-0.25, -0.2) is 0 Å². The second-order valence-corrected chi connectivity index (χ2v) is 10.2. The summed E-state index contributed by atoms with van der Waals surface area (Å²) in [5.74, 6) is 1.96. The van der Waals surface area contributed by atoms with Gasteiger partial charge >= 0.3 is 0 Å². The lowest BCUT2D eigenvalue weighted by Gasteiger charge is -2.37. The topological polar surface area (TPSA) is 197 Å². The molecular weight excluding hydrogens is 482 g/mol. The lowest BCUT2D eigenvalue weighted by atomic mass is 10.0. The van der Waals surface area contributed by atoms with Crippen molar-refractivity contribution >= 4 is 29.2 Å². The normalized spacial score (nSPS) is 23.8. The van der Waals surface area contributed by atoms with Crippen molar-refractivity contribution in [2.24, 2.45) is 22.9 Å². The van der Waals surface area contributed by atoms with Gasteiger partial charge in [-0.1, -0.05) is 30.3 Å². The van der Waals surface area contributed by atoms with Crippen LogP contribution in [0.3, 0.4) is 0 Å². The molecule has 3 aromatic rings. The Morgan fingerprint density at radius 3 is 1.87 bits per heavy atom. The number of nitrogens with one attached hydrogen (secondary N) is 1. The van der Waals surface area contributed by atoms with Gasteiger partial charge in [0.05, 0.1) is 5.69 Å². The fourth-order valence-electron chi connectivity index (χ4n) is 4.98. The first-order valence-corrected chi connectivity index (χ1v) is 12.9. The number of anilines is 5. The highest BCUT2D eigenvalue weighted by Crippen LogP contribution is 2.29. The number of nitrogens with two attached hydrogens (primary N) is 5. The molecule has 4 atom stereocenters. The summed E-state index contributed by atoms with van der Waals surface area (Å²) in [6, 6.07) is 15.2. The van der Waals surface area contributed by atoms with Crippen LogP contribution < -0.4 is 48.5 Å². The van der Waals surface area contributed by atoms with Gasteiger partial charge in [0, 0.05) is 62.1 Å². The van der Waals surface area contributed by atoms with Gasteiger partial charge in [0.25, 0.3) is 0 Å². The van der Waals surface area contributed by atoms with Gasteiger partial charge in [0.1, 0.15) is 12.4 Å². The van der Waals surface area contributed by atoms with Crippen molar-refractivity contribution in [3.8, 4) is 5.75 Å². The standard InChI is InChI=1S/C26H37N11O/c27-17-8-18(28)12-36(11-17)25-33-24(34-26(35-25)37-13-19(29)9-20(30)14-37)32-21-6-7-22(31)23(10-21)38-15-16-4-2-1-3-5-16/h1-7,10,17-20H,8-9,11-15,27-31H2,(H,32,33,34,35)/t17-,18+,19-,20+. The predicted molar refractivity (Wildman–Crippen MR) is 150 cm³/mol. The minimum Gasteiger partial charge on any atom is -0.487 e. The van der Waals surface area contributed by atoms with Gasteiger partial charge in [-0.05, 0) is 30.5 Å². The van der Waals surface area contributed by atoms with Crippen molar-refractivity contribution in [1.82, 2.24) is 15.0 Å². The third-order valence-corrected chi connectivity index (χ3v) is 6.71. The van der Waals surface area contributed by atoms with Crippen LogP contribution in [-0.2, 0) is 6.61 Å². The second-order valence-electron chi connectivity index (χ2n) is 10.2. The van der Waals surface area contributed by atoms with E-state index in [1.54, 1.807) is 6.07 Å². The molecule has 0 saturated carbocycles. The summed E-state index contributed by atoms with van der Waals surface area (Å²) in [7, 11) is 0. The first kappa shape index (κ1) is 25.9. The summed E-state index contributed by atoms with van der Waals surface area (Å²) in [6.07, 6.45) is 1.51. The van der Waals surface area contributed by atoms with E-state index in [4.69, 9.17) is 48.4 Å². The van der Waals surface area contributed by atoms with Gasteiger partial charge < -0.3 is 48.5 Å². The van der Waals surface area contributed by atoms with Crippen molar-refractivity contribution in [1.29, 1.82) is 0 Å². The summed E-state index contributed by atoms with van der Waals surface area (Å²) in [6.45, 7) is 2.83. The number of nitrogen functional groups attached to an aromatic ring is 1. The number of piperidine rings is 2. The molecule has 2 saturated heterocycles. The summed E-state index contributed by atoms with van der Waals surface area (Å²) in [4.78, 5) is 18.2. The number of hydrogen-bond acceptors (Lipinski definition) is 12. The number of nitrogens with zero attached hydrogens (tertiary/aromatic N) is 5. The van der Waals surface area contributed by atoms with Gasteiger partial charge in [0.15, 0.2) is 0 Å². The fourth-order valence-corrected chi connectivity index (χ4v) is 4.98. The Morgan fingerprint density at radius 1 is 0.763 bits per heavy atom. The monoisotopic (exact) mass is 519 g/mol. The van der Waals surface area contributed by atoms with E-state index in [1.165, 1.54) is 0 Å². The van der Waals surface area contributed by atoms with Crippen LogP contribution >= 0.6 is 0 Å². The zero-order valence-electron chi connectivity index (χ0n) is 21.4. The molecule has 38 heavy (non-hydrogen) atoms. The summed E-state index contributed by atoms with van der Waals surface area (Å²) < 4.78 is 6.00. The molecule has 3 heterocycles. The number of rotatable bonds is 7. The molecule has 2 fully saturated rings.